The third-order valence-corrected chi connectivity index (χ3v) is 4.95. The Kier molecular flexibility index (Phi) is 2.40. The van der Waals surface area contributed by atoms with Crippen LogP contribution in [0.25, 0.3) is 0 Å². The third kappa shape index (κ3) is 1.71. The molecule has 2 atom stereocenters. The minimum atomic E-state index is 0.194. The lowest BCUT2D eigenvalue weighted by Gasteiger charge is -2.27. The Labute approximate surface area is 99.9 Å². The maximum atomic E-state index is 11.6. The maximum Gasteiger partial charge on any atom is 0.158 e. The highest BCUT2D eigenvalue weighted by molar-refractivity contribution is 8.00. The summed E-state index contributed by atoms with van der Waals surface area (Å²) in [5, 5.41) is 0. The molecule has 0 radical (unpaired) electrons. The highest BCUT2D eigenvalue weighted by atomic mass is 32.2. The summed E-state index contributed by atoms with van der Waals surface area (Å²) < 4.78 is 0.194. The molecule has 0 aromatic heterocycles. The number of carbonyl (C=O) groups excluding carboxylic acids is 1. The van der Waals surface area contributed by atoms with E-state index in [4.69, 9.17) is 0 Å². The third-order valence-electron chi connectivity index (χ3n) is 3.53. The molecule has 2 unspecified atom stereocenters. The number of ketones is 1. The first-order valence-electron chi connectivity index (χ1n) is 5.75. The summed E-state index contributed by atoms with van der Waals surface area (Å²) in [6.45, 7) is 0. The lowest BCUT2D eigenvalue weighted by Crippen LogP contribution is -2.23. The number of fused-ring (bicyclic) bond motifs is 2. The standard InChI is InChI=1S/C14H14OS/c15-13-7-9-14(8-6-11(13)10-14)16-12-4-2-1-3-5-12/h1-5,7,9,11H,6,8,10H2. The molecule has 0 saturated heterocycles. The van der Waals surface area contributed by atoms with Crippen LogP contribution in [0.3, 0.4) is 0 Å². The van der Waals surface area contributed by atoms with E-state index < -0.39 is 0 Å². The molecule has 2 aliphatic rings. The fourth-order valence-electron chi connectivity index (χ4n) is 2.65. The largest absolute Gasteiger partial charge is 0.295 e. The molecule has 0 heterocycles. The molecule has 0 aliphatic heterocycles. The first-order valence-corrected chi connectivity index (χ1v) is 6.56. The van der Waals surface area contributed by atoms with Crippen LogP contribution in [0.2, 0.25) is 0 Å². The van der Waals surface area contributed by atoms with Gasteiger partial charge in [-0.1, -0.05) is 24.3 Å². The minimum absolute atomic E-state index is 0.194. The van der Waals surface area contributed by atoms with Crippen molar-refractivity contribution in [1.29, 1.82) is 0 Å². The molecule has 1 saturated carbocycles. The molecule has 0 N–H and O–H groups in total. The van der Waals surface area contributed by atoms with Crippen LogP contribution in [-0.4, -0.2) is 10.5 Å². The zero-order valence-corrected chi connectivity index (χ0v) is 9.87. The lowest BCUT2D eigenvalue weighted by molar-refractivity contribution is -0.118. The molecule has 2 aliphatic carbocycles. The van der Waals surface area contributed by atoms with E-state index in [2.05, 4.69) is 30.3 Å². The second-order valence-corrected chi connectivity index (χ2v) is 6.14. The van der Waals surface area contributed by atoms with Gasteiger partial charge in [0.05, 0.1) is 0 Å². The number of carbonyl (C=O) groups is 1. The first-order chi connectivity index (χ1) is 7.77. The van der Waals surface area contributed by atoms with Gasteiger partial charge in [0.2, 0.25) is 0 Å². The van der Waals surface area contributed by atoms with Gasteiger partial charge in [-0.25, -0.2) is 0 Å². The Bertz CT molecular complexity index is 437. The van der Waals surface area contributed by atoms with Crippen LogP contribution in [-0.2, 0) is 4.79 Å². The molecular weight excluding hydrogens is 216 g/mol. The summed E-state index contributed by atoms with van der Waals surface area (Å²) in [6.07, 6.45) is 7.17. The number of allylic oxidation sites excluding steroid dienone is 1. The summed E-state index contributed by atoms with van der Waals surface area (Å²) in [7, 11) is 0. The zero-order valence-electron chi connectivity index (χ0n) is 9.06. The predicted molar refractivity (Wildman–Crippen MR) is 66.5 cm³/mol. The summed E-state index contributed by atoms with van der Waals surface area (Å²) in [5.74, 6) is 0.628. The van der Waals surface area contributed by atoms with Gasteiger partial charge in [0, 0.05) is 15.6 Å². The van der Waals surface area contributed by atoms with E-state index in [0.29, 0.717) is 11.7 Å². The smallest absolute Gasteiger partial charge is 0.158 e. The summed E-state index contributed by atoms with van der Waals surface area (Å²) in [6, 6.07) is 10.5. The lowest BCUT2D eigenvalue weighted by atomic mass is 9.94. The average Bonchev–Trinajstić information content (AvgIpc) is 2.66. The van der Waals surface area contributed by atoms with Gasteiger partial charge in [-0.15, -0.1) is 11.8 Å². The number of benzene rings is 1. The van der Waals surface area contributed by atoms with E-state index in [0.717, 1.165) is 19.3 Å². The Morgan fingerprint density at radius 3 is 2.88 bits per heavy atom. The minimum Gasteiger partial charge on any atom is -0.295 e. The van der Waals surface area contributed by atoms with Gasteiger partial charge in [0.15, 0.2) is 5.78 Å². The molecule has 82 valence electrons. The first kappa shape index (κ1) is 10.2. The quantitative estimate of drug-likeness (QED) is 0.774. The van der Waals surface area contributed by atoms with Gasteiger partial charge in [-0.3, -0.25) is 4.79 Å². The average molecular weight is 230 g/mol. The van der Waals surface area contributed by atoms with Crippen molar-refractivity contribution < 1.29 is 4.79 Å². The van der Waals surface area contributed by atoms with Crippen molar-refractivity contribution in [3.63, 3.8) is 0 Å². The Morgan fingerprint density at radius 1 is 1.25 bits per heavy atom. The van der Waals surface area contributed by atoms with Gasteiger partial charge in [0.1, 0.15) is 0 Å². The molecule has 2 bridgehead atoms. The molecule has 16 heavy (non-hydrogen) atoms. The second-order valence-electron chi connectivity index (χ2n) is 4.66. The topological polar surface area (TPSA) is 17.1 Å². The number of hydrogen-bond donors (Lipinski definition) is 0. The fourth-order valence-corrected chi connectivity index (χ4v) is 4.06. The highest BCUT2D eigenvalue weighted by Gasteiger charge is 2.43. The normalized spacial score (nSPS) is 32.0. The molecule has 1 nitrogen and oxygen atoms in total. The molecule has 1 aromatic rings. The predicted octanol–water partition coefficient (Wildman–Crippen LogP) is 3.46. The van der Waals surface area contributed by atoms with Crippen LogP contribution < -0.4 is 0 Å². The van der Waals surface area contributed by atoms with Crippen molar-refractivity contribution in [2.24, 2.45) is 5.92 Å². The van der Waals surface area contributed by atoms with Crippen LogP contribution in [0, 0.1) is 5.92 Å². The van der Waals surface area contributed by atoms with Gasteiger partial charge in [-0.2, -0.15) is 0 Å². The SMILES string of the molecule is O=C1C=CC2(Sc3ccccc3)CCC1C2. The monoisotopic (exact) mass is 230 g/mol. The van der Waals surface area contributed by atoms with Crippen LogP contribution in [0.1, 0.15) is 19.3 Å². The van der Waals surface area contributed by atoms with Crippen LogP contribution in [0.4, 0.5) is 0 Å². The van der Waals surface area contributed by atoms with E-state index in [-0.39, 0.29) is 4.75 Å². The fraction of sp³-hybridized carbons (Fsp3) is 0.357. The van der Waals surface area contributed by atoms with E-state index in [1.54, 1.807) is 6.08 Å². The van der Waals surface area contributed by atoms with Crippen molar-refractivity contribution >= 4 is 17.5 Å². The molecule has 1 fully saturated rings. The van der Waals surface area contributed by atoms with E-state index in [1.807, 2.05) is 17.8 Å². The summed E-state index contributed by atoms with van der Waals surface area (Å²) >= 11 is 1.92. The number of rotatable bonds is 2. The van der Waals surface area contributed by atoms with Gasteiger partial charge in [-0.05, 0) is 37.5 Å². The number of hydrogen-bond acceptors (Lipinski definition) is 2. The van der Waals surface area contributed by atoms with Crippen LogP contribution in [0.15, 0.2) is 47.4 Å². The Morgan fingerprint density at radius 2 is 2.06 bits per heavy atom. The molecule has 1 aromatic carbocycles. The van der Waals surface area contributed by atoms with Crippen molar-refractivity contribution in [1.82, 2.24) is 0 Å². The Balaban J connectivity index is 1.85. The Hall–Kier alpha value is -1.02. The van der Waals surface area contributed by atoms with E-state index in [1.165, 1.54) is 4.90 Å². The zero-order chi connectivity index (χ0) is 11.0. The maximum absolute atomic E-state index is 11.6. The number of thioether (sulfide) groups is 1. The van der Waals surface area contributed by atoms with Crippen LogP contribution in [0.5, 0.6) is 0 Å². The van der Waals surface area contributed by atoms with E-state index in [9.17, 15) is 4.79 Å². The van der Waals surface area contributed by atoms with Crippen molar-refractivity contribution in [3.8, 4) is 0 Å². The van der Waals surface area contributed by atoms with Crippen LogP contribution >= 0.6 is 11.8 Å². The van der Waals surface area contributed by atoms with E-state index >= 15 is 0 Å². The highest BCUT2D eigenvalue weighted by Crippen LogP contribution is 2.50. The molecule has 2 heteroatoms. The summed E-state index contributed by atoms with van der Waals surface area (Å²) in [5.41, 5.74) is 0. The van der Waals surface area contributed by atoms with Crippen molar-refractivity contribution in [2.45, 2.75) is 28.9 Å². The van der Waals surface area contributed by atoms with Gasteiger partial charge in [0.25, 0.3) is 0 Å². The van der Waals surface area contributed by atoms with Gasteiger partial charge >= 0.3 is 0 Å². The van der Waals surface area contributed by atoms with Crippen molar-refractivity contribution in [2.75, 3.05) is 0 Å². The van der Waals surface area contributed by atoms with Crippen molar-refractivity contribution in [3.05, 3.63) is 42.5 Å². The molecule has 0 amide bonds. The second kappa shape index (κ2) is 3.77. The summed E-state index contributed by atoms with van der Waals surface area (Å²) in [4.78, 5) is 12.9. The molecule has 0 spiro atoms. The molecule has 3 rings (SSSR count). The van der Waals surface area contributed by atoms with Gasteiger partial charge < -0.3 is 0 Å². The molecular formula is C14H14OS.